The van der Waals surface area contributed by atoms with Crippen molar-refractivity contribution in [1.82, 2.24) is 14.5 Å². The molecule has 0 saturated heterocycles. The van der Waals surface area contributed by atoms with Crippen molar-refractivity contribution in [1.29, 1.82) is 0 Å². The van der Waals surface area contributed by atoms with E-state index in [1.165, 1.54) is 32.1 Å². The number of pyridine rings is 1. The van der Waals surface area contributed by atoms with Crippen LogP contribution in [0.2, 0.25) is 0 Å². The van der Waals surface area contributed by atoms with Gasteiger partial charge in [-0.1, -0.05) is 26.2 Å². The molecule has 0 amide bonds. The molecule has 4 heteroatoms. The Labute approximate surface area is 125 Å². The molecule has 0 N–H and O–H groups in total. The molecule has 3 nitrogen and oxygen atoms in total. The van der Waals surface area contributed by atoms with Gasteiger partial charge in [-0.2, -0.15) is 0 Å². The maximum atomic E-state index is 6.10. The summed E-state index contributed by atoms with van der Waals surface area (Å²) in [7, 11) is 0. The number of fused-ring (bicyclic) bond motifs is 1. The molecule has 1 fully saturated rings. The van der Waals surface area contributed by atoms with Gasteiger partial charge in [0.15, 0.2) is 5.65 Å². The van der Waals surface area contributed by atoms with Crippen molar-refractivity contribution in [2.45, 2.75) is 58.4 Å². The van der Waals surface area contributed by atoms with Crippen molar-refractivity contribution in [3.63, 3.8) is 0 Å². The van der Waals surface area contributed by atoms with Crippen LogP contribution in [-0.4, -0.2) is 14.5 Å². The van der Waals surface area contributed by atoms with E-state index in [9.17, 15) is 0 Å². The number of halogens is 1. The second-order valence-electron chi connectivity index (χ2n) is 6.47. The minimum atomic E-state index is 0.360. The van der Waals surface area contributed by atoms with Gasteiger partial charge in [0.1, 0.15) is 11.3 Å². The molecule has 0 atom stereocenters. The number of aryl methyl sites for hydroxylation is 1. The third-order valence-corrected chi connectivity index (χ3v) is 4.76. The zero-order valence-electron chi connectivity index (χ0n) is 12.3. The lowest BCUT2D eigenvalue weighted by atomic mass is 9.75. The predicted octanol–water partition coefficient (Wildman–Crippen LogP) is 4.45. The molecule has 20 heavy (non-hydrogen) atoms. The fraction of sp³-hybridized carbons (Fsp3) is 0.625. The van der Waals surface area contributed by atoms with Gasteiger partial charge in [-0.05, 0) is 36.8 Å². The second kappa shape index (κ2) is 5.36. The predicted molar refractivity (Wildman–Crippen MR) is 83.0 cm³/mol. The monoisotopic (exact) mass is 291 g/mol. The number of alkyl halides is 1. The van der Waals surface area contributed by atoms with E-state index < -0.39 is 0 Å². The highest BCUT2D eigenvalue weighted by Gasteiger charge is 2.29. The smallest absolute Gasteiger partial charge is 0.160 e. The standard InChI is InChI=1S/C16H22ClN3/c1-12-8-13-15(18-10-12)20(14(9-17)19-13)11-16(2)6-4-3-5-7-16/h8,10H,3-7,9,11H2,1-2H3. The van der Waals surface area contributed by atoms with E-state index in [0.29, 0.717) is 11.3 Å². The van der Waals surface area contributed by atoms with Crippen LogP contribution in [0.4, 0.5) is 0 Å². The number of hydrogen-bond acceptors (Lipinski definition) is 2. The molecular formula is C16H22ClN3. The molecule has 1 aliphatic carbocycles. The first kappa shape index (κ1) is 13.9. The van der Waals surface area contributed by atoms with Crippen LogP contribution >= 0.6 is 11.6 Å². The van der Waals surface area contributed by atoms with Crippen molar-refractivity contribution < 1.29 is 0 Å². The maximum absolute atomic E-state index is 6.10. The van der Waals surface area contributed by atoms with Gasteiger partial charge < -0.3 is 4.57 Å². The molecule has 1 saturated carbocycles. The van der Waals surface area contributed by atoms with E-state index in [1.54, 1.807) is 0 Å². The average molecular weight is 292 g/mol. The Hall–Kier alpha value is -1.09. The average Bonchev–Trinajstić information content (AvgIpc) is 2.76. The third kappa shape index (κ3) is 2.56. The highest BCUT2D eigenvalue weighted by molar-refractivity contribution is 6.16. The van der Waals surface area contributed by atoms with Gasteiger partial charge >= 0.3 is 0 Å². The van der Waals surface area contributed by atoms with Gasteiger partial charge in [-0.3, -0.25) is 0 Å². The number of hydrogen-bond donors (Lipinski definition) is 0. The normalized spacial score (nSPS) is 18.6. The lowest BCUT2D eigenvalue weighted by molar-refractivity contribution is 0.183. The van der Waals surface area contributed by atoms with Crippen molar-refractivity contribution in [2.24, 2.45) is 5.41 Å². The van der Waals surface area contributed by atoms with Gasteiger partial charge in [0.05, 0.1) is 5.88 Å². The van der Waals surface area contributed by atoms with Crippen molar-refractivity contribution >= 4 is 22.8 Å². The van der Waals surface area contributed by atoms with E-state index in [2.05, 4.69) is 27.5 Å². The van der Waals surface area contributed by atoms with E-state index >= 15 is 0 Å². The van der Waals surface area contributed by atoms with Crippen molar-refractivity contribution in [3.05, 3.63) is 23.7 Å². The van der Waals surface area contributed by atoms with E-state index in [0.717, 1.165) is 29.1 Å². The minimum absolute atomic E-state index is 0.360. The molecule has 0 radical (unpaired) electrons. The largest absolute Gasteiger partial charge is 0.311 e. The van der Waals surface area contributed by atoms with Gasteiger partial charge in [0.25, 0.3) is 0 Å². The Balaban J connectivity index is 2.01. The van der Waals surface area contributed by atoms with Gasteiger partial charge in [-0.15, -0.1) is 11.6 Å². The van der Waals surface area contributed by atoms with Crippen molar-refractivity contribution in [2.75, 3.05) is 0 Å². The molecule has 0 spiro atoms. The summed E-state index contributed by atoms with van der Waals surface area (Å²) >= 11 is 6.10. The molecule has 2 aromatic rings. The summed E-state index contributed by atoms with van der Waals surface area (Å²) in [4.78, 5) is 9.24. The number of nitrogens with zero attached hydrogens (tertiary/aromatic N) is 3. The Morgan fingerprint density at radius 1 is 1.30 bits per heavy atom. The van der Waals surface area contributed by atoms with Gasteiger partial charge in [0.2, 0.25) is 0 Å². The summed E-state index contributed by atoms with van der Waals surface area (Å²) in [5.74, 6) is 1.40. The molecule has 2 heterocycles. The topological polar surface area (TPSA) is 30.7 Å². The molecule has 0 bridgehead atoms. The highest BCUT2D eigenvalue weighted by atomic mass is 35.5. The zero-order valence-corrected chi connectivity index (χ0v) is 13.1. The van der Waals surface area contributed by atoms with Crippen LogP contribution in [-0.2, 0) is 12.4 Å². The van der Waals surface area contributed by atoms with Crippen LogP contribution in [0.1, 0.15) is 50.4 Å². The Morgan fingerprint density at radius 3 is 2.75 bits per heavy atom. The first-order valence-electron chi connectivity index (χ1n) is 7.49. The van der Waals surface area contributed by atoms with Gasteiger partial charge in [0, 0.05) is 12.7 Å². The summed E-state index contributed by atoms with van der Waals surface area (Å²) in [5.41, 5.74) is 3.46. The molecule has 0 aliphatic heterocycles. The quantitative estimate of drug-likeness (QED) is 0.782. The Bertz CT molecular complexity index is 611. The van der Waals surface area contributed by atoms with Crippen LogP contribution in [0.3, 0.4) is 0 Å². The van der Waals surface area contributed by atoms with Gasteiger partial charge in [-0.25, -0.2) is 9.97 Å². The van der Waals surface area contributed by atoms with Crippen molar-refractivity contribution in [3.8, 4) is 0 Å². The van der Waals surface area contributed by atoms with Crippen LogP contribution in [0.5, 0.6) is 0 Å². The molecule has 1 aliphatic rings. The SMILES string of the molecule is Cc1cnc2c(c1)nc(CCl)n2CC1(C)CCCCC1. The van der Waals surface area contributed by atoms with Crippen LogP contribution in [0.25, 0.3) is 11.2 Å². The third-order valence-electron chi connectivity index (χ3n) is 4.52. The first-order chi connectivity index (χ1) is 9.61. The molecule has 0 aromatic carbocycles. The molecule has 2 aromatic heterocycles. The molecular weight excluding hydrogens is 270 g/mol. The summed E-state index contributed by atoms with van der Waals surface area (Å²) in [5, 5.41) is 0. The molecule has 0 unspecified atom stereocenters. The molecule has 3 rings (SSSR count). The number of aromatic nitrogens is 3. The second-order valence-corrected chi connectivity index (χ2v) is 6.74. The van der Waals surface area contributed by atoms with Crippen LogP contribution in [0, 0.1) is 12.3 Å². The molecule has 108 valence electrons. The summed E-state index contributed by atoms with van der Waals surface area (Å²) < 4.78 is 2.24. The van der Waals surface area contributed by atoms with E-state index in [4.69, 9.17) is 11.6 Å². The fourth-order valence-electron chi connectivity index (χ4n) is 3.37. The van der Waals surface area contributed by atoms with Crippen LogP contribution < -0.4 is 0 Å². The highest BCUT2D eigenvalue weighted by Crippen LogP contribution is 2.38. The maximum Gasteiger partial charge on any atom is 0.160 e. The summed E-state index contributed by atoms with van der Waals surface area (Å²) in [6, 6.07) is 2.10. The number of rotatable bonds is 3. The minimum Gasteiger partial charge on any atom is -0.311 e. The Kier molecular flexibility index (Phi) is 3.72. The first-order valence-corrected chi connectivity index (χ1v) is 8.02. The number of imidazole rings is 1. The lowest BCUT2D eigenvalue weighted by Crippen LogP contribution is -2.27. The fourth-order valence-corrected chi connectivity index (χ4v) is 3.58. The zero-order chi connectivity index (χ0) is 14.2. The van der Waals surface area contributed by atoms with Crippen LogP contribution in [0.15, 0.2) is 12.3 Å². The van der Waals surface area contributed by atoms with E-state index in [1.807, 2.05) is 13.1 Å². The summed E-state index contributed by atoms with van der Waals surface area (Å²) in [6.45, 7) is 5.43. The Morgan fingerprint density at radius 2 is 2.05 bits per heavy atom. The van der Waals surface area contributed by atoms with E-state index in [-0.39, 0.29) is 0 Å². The lowest BCUT2D eigenvalue weighted by Gasteiger charge is -2.34. The summed E-state index contributed by atoms with van der Waals surface area (Å²) in [6.07, 6.45) is 8.56.